The number of benzene rings is 1. The molecule has 94 valence electrons. The number of rotatable bonds is 3. The van der Waals surface area contributed by atoms with Gasteiger partial charge >= 0.3 is 0 Å². The predicted octanol–water partition coefficient (Wildman–Crippen LogP) is 2.90. The van der Waals surface area contributed by atoms with Gasteiger partial charge in [-0.05, 0) is 41.8 Å². The normalized spacial score (nSPS) is 12.4. The summed E-state index contributed by atoms with van der Waals surface area (Å²) in [7, 11) is 0. The fourth-order valence-corrected chi connectivity index (χ4v) is 2.17. The van der Waals surface area contributed by atoms with Gasteiger partial charge < -0.3 is 10.8 Å². The van der Waals surface area contributed by atoms with Crippen LogP contribution >= 0.6 is 11.6 Å². The minimum Gasteiger partial charge on any atom is -0.398 e. The van der Waals surface area contributed by atoms with E-state index in [4.69, 9.17) is 17.3 Å². The summed E-state index contributed by atoms with van der Waals surface area (Å²) in [5.74, 6) is 0. The molecule has 0 spiro atoms. The molecular formula is C14H15ClN2O. The first-order chi connectivity index (χ1) is 8.58. The van der Waals surface area contributed by atoms with Crippen molar-refractivity contribution in [1.29, 1.82) is 0 Å². The molecule has 1 unspecified atom stereocenters. The molecule has 0 aliphatic carbocycles. The van der Waals surface area contributed by atoms with E-state index in [1.807, 2.05) is 19.1 Å². The lowest BCUT2D eigenvalue weighted by Gasteiger charge is -2.15. The molecule has 1 heterocycles. The maximum absolute atomic E-state index is 10.2. The van der Waals surface area contributed by atoms with E-state index in [0.717, 1.165) is 16.7 Å². The van der Waals surface area contributed by atoms with E-state index in [9.17, 15) is 5.11 Å². The van der Waals surface area contributed by atoms with Crippen molar-refractivity contribution in [1.82, 2.24) is 4.98 Å². The molecule has 0 saturated carbocycles. The van der Waals surface area contributed by atoms with E-state index in [1.165, 1.54) is 0 Å². The van der Waals surface area contributed by atoms with Crippen LogP contribution in [0.25, 0.3) is 0 Å². The highest BCUT2D eigenvalue weighted by Crippen LogP contribution is 2.25. The Hall–Kier alpha value is -1.58. The second-order valence-corrected chi connectivity index (χ2v) is 4.73. The number of aryl methyl sites for hydroxylation is 1. The van der Waals surface area contributed by atoms with Crippen molar-refractivity contribution in [3.05, 3.63) is 58.4 Å². The number of hydrogen-bond acceptors (Lipinski definition) is 3. The third kappa shape index (κ3) is 2.81. The smallest absolute Gasteiger partial charge is 0.0834 e. The SMILES string of the molecule is Cc1cc(Cl)ccc1C(O)Cc1cnccc1N. The van der Waals surface area contributed by atoms with Gasteiger partial charge in [0.25, 0.3) is 0 Å². The molecule has 3 nitrogen and oxygen atoms in total. The highest BCUT2D eigenvalue weighted by atomic mass is 35.5. The van der Waals surface area contributed by atoms with Crippen LogP contribution in [0.2, 0.25) is 5.02 Å². The number of nitrogen functional groups attached to an aromatic ring is 1. The van der Waals surface area contributed by atoms with Crippen LogP contribution in [0.3, 0.4) is 0 Å². The number of aromatic nitrogens is 1. The molecule has 3 N–H and O–H groups in total. The average molecular weight is 263 g/mol. The first kappa shape index (κ1) is 12.9. The van der Waals surface area contributed by atoms with Crippen molar-refractivity contribution in [2.24, 2.45) is 0 Å². The lowest BCUT2D eigenvalue weighted by molar-refractivity contribution is 0.178. The minimum atomic E-state index is -0.603. The Bertz CT molecular complexity index is 557. The number of aliphatic hydroxyl groups excluding tert-OH is 1. The monoisotopic (exact) mass is 262 g/mol. The zero-order valence-electron chi connectivity index (χ0n) is 10.1. The van der Waals surface area contributed by atoms with Crippen LogP contribution in [0, 0.1) is 6.92 Å². The van der Waals surface area contributed by atoms with Crippen LogP contribution in [-0.2, 0) is 6.42 Å². The third-order valence-electron chi connectivity index (χ3n) is 2.95. The van der Waals surface area contributed by atoms with E-state index in [2.05, 4.69) is 4.98 Å². The van der Waals surface area contributed by atoms with Gasteiger partial charge in [-0.3, -0.25) is 4.98 Å². The molecule has 0 saturated heterocycles. The lowest BCUT2D eigenvalue weighted by Crippen LogP contribution is -2.06. The zero-order valence-corrected chi connectivity index (χ0v) is 10.9. The number of halogens is 1. The largest absolute Gasteiger partial charge is 0.398 e. The van der Waals surface area contributed by atoms with Gasteiger partial charge in [0.2, 0.25) is 0 Å². The summed E-state index contributed by atoms with van der Waals surface area (Å²) in [6.45, 7) is 1.93. The molecule has 2 rings (SSSR count). The number of nitrogens with zero attached hydrogens (tertiary/aromatic N) is 1. The summed E-state index contributed by atoms with van der Waals surface area (Å²) < 4.78 is 0. The van der Waals surface area contributed by atoms with E-state index >= 15 is 0 Å². The number of hydrogen-bond donors (Lipinski definition) is 2. The van der Waals surface area contributed by atoms with E-state index in [0.29, 0.717) is 17.1 Å². The predicted molar refractivity (Wildman–Crippen MR) is 73.5 cm³/mol. The van der Waals surface area contributed by atoms with Crippen molar-refractivity contribution >= 4 is 17.3 Å². The highest BCUT2D eigenvalue weighted by Gasteiger charge is 2.13. The maximum Gasteiger partial charge on any atom is 0.0834 e. The van der Waals surface area contributed by atoms with Crippen molar-refractivity contribution in [3.63, 3.8) is 0 Å². The Morgan fingerprint density at radius 3 is 2.83 bits per heavy atom. The second kappa shape index (κ2) is 5.38. The topological polar surface area (TPSA) is 59.1 Å². The molecule has 18 heavy (non-hydrogen) atoms. The van der Waals surface area contributed by atoms with Crippen LogP contribution in [0.15, 0.2) is 36.7 Å². The van der Waals surface area contributed by atoms with Gasteiger partial charge in [-0.2, -0.15) is 0 Å². The summed E-state index contributed by atoms with van der Waals surface area (Å²) in [5, 5.41) is 10.9. The Morgan fingerprint density at radius 1 is 1.39 bits per heavy atom. The molecule has 1 aromatic heterocycles. The fraction of sp³-hybridized carbons (Fsp3) is 0.214. The van der Waals surface area contributed by atoms with Crippen LogP contribution in [0.4, 0.5) is 5.69 Å². The van der Waals surface area contributed by atoms with Crippen molar-refractivity contribution in [2.45, 2.75) is 19.4 Å². The van der Waals surface area contributed by atoms with Crippen molar-refractivity contribution in [3.8, 4) is 0 Å². The standard InChI is InChI=1S/C14H15ClN2O/c1-9-6-11(15)2-3-12(9)14(18)7-10-8-17-5-4-13(10)16/h2-6,8,14,18H,7H2,1H3,(H2,16,17). The Morgan fingerprint density at radius 2 is 2.17 bits per heavy atom. The summed E-state index contributed by atoms with van der Waals surface area (Å²) in [6, 6.07) is 7.19. The molecule has 0 aliphatic heterocycles. The Kier molecular flexibility index (Phi) is 3.84. The number of nitrogens with two attached hydrogens (primary N) is 1. The zero-order chi connectivity index (χ0) is 13.1. The maximum atomic E-state index is 10.2. The summed E-state index contributed by atoms with van der Waals surface area (Å²) >= 11 is 5.90. The second-order valence-electron chi connectivity index (χ2n) is 4.30. The van der Waals surface area contributed by atoms with E-state index in [-0.39, 0.29) is 0 Å². The molecule has 0 amide bonds. The number of anilines is 1. The molecule has 1 aromatic carbocycles. The molecule has 1 atom stereocenters. The molecule has 2 aromatic rings. The van der Waals surface area contributed by atoms with Crippen LogP contribution in [0.1, 0.15) is 22.8 Å². The van der Waals surface area contributed by atoms with Crippen LogP contribution in [0.5, 0.6) is 0 Å². The van der Waals surface area contributed by atoms with Gasteiger partial charge in [-0.25, -0.2) is 0 Å². The molecule has 0 aliphatic rings. The van der Waals surface area contributed by atoms with Gasteiger partial charge in [0, 0.05) is 29.5 Å². The van der Waals surface area contributed by atoms with Gasteiger partial charge in [0.05, 0.1) is 6.10 Å². The number of aliphatic hydroxyl groups is 1. The highest BCUT2D eigenvalue weighted by molar-refractivity contribution is 6.30. The van der Waals surface area contributed by atoms with Crippen molar-refractivity contribution < 1.29 is 5.11 Å². The van der Waals surface area contributed by atoms with Gasteiger partial charge in [-0.15, -0.1) is 0 Å². The number of pyridine rings is 1. The van der Waals surface area contributed by atoms with Gasteiger partial charge in [-0.1, -0.05) is 17.7 Å². The molecular weight excluding hydrogens is 248 g/mol. The van der Waals surface area contributed by atoms with Crippen LogP contribution in [-0.4, -0.2) is 10.1 Å². The van der Waals surface area contributed by atoms with Crippen molar-refractivity contribution in [2.75, 3.05) is 5.73 Å². The lowest BCUT2D eigenvalue weighted by atomic mass is 9.98. The first-order valence-electron chi connectivity index (χ1n) is 5.70. The van der Waals surface area contributed by atoms with E-state index in [1.54, 1.807) is 24.5 Å². The molecule has 0 radical (unpaired) electrons. The fourth-order valence-electron chi connectivity index (χ4n) is 1.94. The minimum absolute atomic E-state index is 0.447. The quantitative estimate of drug-likeness (QED) is 0.894. The van der Waals surface area contributed by atoms with Gasteiger partial charge in [0.1, 0.15) is 0 Å². The molecule has 0 bridgehead atoms. The Labute approximate surface area is 111 Å². The first-order valence-corrected chi connectivity index (χ1v) is 6.08. The van der Waals surface area contributed by atoms with Crippen LogP contribution < -0.4 is 5.73 Å². The van der Waals surface area contributed by atoms with Gasteiger partial charge in [0.15, 0.2) is 0 Å². The Balaban J connectivity index is 2.22. The van der Waals surface area contributed by atoms with E-state index < -0.39 is 6.10 Å². The average Bonchev–Trinajstić information content (AvgIpc) is 2.32. The summed E-state index contributed by atoms with van der Waals surface area (Å²) in [5.41, 5.74) is 9.17. The summed E-state index contributed by atoms with van der Waals surface area (Å²) in [6.07, 6.45) is 3.17. The molecule has 4 heteroatoms. The summed E-state index contributed by atoms with van der Waals surface area (Å²) in [4.78, 5) is 4.02. The third-order valence-corrected chi connectivity index (χ3v) is 3.18. The molecule has 0 fully saturated rings.